The lowest BCUT2D eigenvalue weighted by molar-refractivity contribution is -0.645. The minimum absolute atomic E-state index is 0.0339. The van der Waals surface area contributed by atoms with Crippen LogP contribution in [0, 0.1) is 11.1 Å². The second-order valence-electron chi connectivity index (χ2n) is 12.9. The van der Waals surface area contributed by atoms with Gasteiger partial charge in [-0.1, -0.05) is 110 Å². The molecule has 5 aromatic rings. The van der Waals surface area contributed by atoms with E-state index in [0.717, 1.165) is 43.7 Å². The summed E-state index contributed by atoms with van der Waals surface area (Å²) in [7, 11) is 1.30. The zero-order valence-corrected chi connectivity index (χ0v) is 30.4. The van der Waals surface area contributed by atoms with Gasteiger partial charge >= 0.3 is 12.0 Å². The molecule has 1 fully saturated rings. The van der Waals surface area contributed by atoms with Crippen LogP contribution in [0.1, 0.15) is 47.1 Å². The number of pyridine rings is 1. The van der Waals surface area contributed by atoms with E-state index in [9.17, 15) is 19.9 Å². The molecule has 10 nitrogen and oxygen atoms in total. The van der Waals surface area contributed by atoms with Crippen LogP contribution in [-0.2, 0) is 38.6 Å². The Morgan fingerprint density at radius 3 is 2.30 bits per heavy atom. The monoisotopic (exact) mass is 733 g/mol. The average Bonchev–Trinajstić information content (AvgIpc) is 3.20. The second-order valence-corrected chi connectivity index (χ2v) is 14.0. The van der Waals surface area contributed by atoms with Crippen LogP contribution in [0.5, 0.6) is 0 Å². The van der Waals surface area contributed by atoms with Crippen LogP contribution in [0.25, 0.3) is 11.1 Å². The lowest BCUT2D eigenvalue weighted by atomic mass is 9.91. The molecule has 5 atom stereocenters. The molecule has 1 aromatic heterocycles. The molecule has 1 saturated heterocycles. The van der Waals surface area contributed by atoms with Crippen molar-refractivity contribution in [1.82, 2.24) is 10.6 Å². The fourth-order valence-corrected chi connectivity index (χ4v) is 7.38. The van der Waals surface area contributed by atoms with Gasteiger partial charge in [-0.25, -0.2) is 9.59 Å². The van der Waals surface area contributed by atoms with Crippen molar-refractivity contribution in [2.24, 2.45) is 5.92 Å². The number of carbonyl (C=O) groups excluding carboxylic acids is 2. The van der Waals surface area contributed by atoms with E-state index in [1.807, 2.05) is 109 Å². The number of esters is 1. The summed E-state index contributed by atoms with van der Waals surface area (Å²) in [5.41, 5.74) is 6.31. The zero-order valence-electron chi connectivity index (χ0n) is 29.6. The van der Waals surface area contributed by atoms with Crippen molar-refractivity contribution >= 4 is 23.8 Å². The molecule has 2 heterocycles. The van der Waals surface area contributed by atoms with E-state index in [4.69, 9.17) is 14.2 Å². The van der Waals surface area contributed by atoms with Gasteiger partial charge in [-0.15, -0.1) is 0 Å². The third kappa shape index (κ3) is 9.82. The topological polar surface area (TPSA) is 133 Å². The van der Waals surface area contributed by atoms with Gasteiger partial charge in [0, 0.05) is 42.3 Å². The summed E-state index contributed by atoms with van der Waals surface area (Å²) in [6.07, 6.45) is 0.588. The molecule has 11 heteroatoms. The molecule has 0 aliphatic carbocycles. The molecule has 0 bridgehead atoms. The van der Waals surface area contributed by atoms with Crippen molar-refractivity contribution in [1.29, 1.82) is 0 Å². The first kappa shape index (κ1) is 37.6. The molecule has 2 amide bonds. The Morgan fingerprint density at radius 1 is 0.849 bits per heavy atom. The fraction of sp³-hybridized carbons (Fsp3) is 0.262. The quantitative estimate of drug-likeness (QED) is 0.0531. The summed E-state index contributed by atoms with van der Waals surface area (Å²) in [5, 5.41) is 28.2. The van der Waals surface area contributed by atoms with E-state index in [1.54, 1.807) is 12.1 Å². The van der Waals surface area contributed by atoms with Crippen LogP contribution in [0.2, 0.25) is 0 Å². The van der Waals surface area contributed by atoms with Gasteiger partial charge in [0.2, 0.25) is 0 Å². The highest BCUT2D eigenvalue weighted by Crippen LogP contribution is 2.43. The highest BCUT2D eigenvalue weighted by molar-refractivity contribution is 7.99. The van der Waals surface area contributed by atoms with Crippen molar-refractivity contribution in [3.05, 3.63) is 161 Å². The largest absolute Gasteiger partial charge is 0.618 e. The smallest absolute Gasteiger partial charge is 0.328 e. The van der Waals surface area contributed by atoms with E-state index in [1.165, 1.54) is 25.1 Å². The molecular formula is C42H43N3O7S. The predicted octanol–water partition coefficient (Wildman–Crippen LogP) is 6.65. The summed E-state index contributed by atoms with van der Waals surface area (Å²) in [4.78, 5) is 25.3. The van der Waals surface area contributed by atoms with Gasteiger partial charge in [0.05, 0.1) is 25.9 Å². The molecule has 0 saturated carbocycles. The SMILES string of the molecule is COC(=O)C(Cc1ccccc1)NC(=O)NCc1cccc(-c2cccc(C3OC(CSc4cccc[n+]4[O-])C(C)C(c4ccc(CO)cc4)O3)c2)c1. The maximum atomic E-state index is 12.9. The van der Waals surface area contributed by atoms with Gasteiger partial charge in [-0.3, -0.25) is 0 Å². The highest BCUT2D eigenvalue weighted by Gasteiger charge is 2.39. The number of hydrogen-bond donors (Lipinski definition) is 3. The van der Waals surface area contributed by atoms with Gasteiger partial charge < -0.3 is 35.2 Å². The van der Waals surface area contributed by atoms with E-state index in [0.29, 0.717) is 17.2 Å². The number of aromatic nitrogens is 1. The molecule has 6 rings (SSSR count). The summed E-state index contributed by atoms with van der Waals surface area (Å²) in [6.45, 7) is 2.30. The third-order valence-corrected chi connectivity index (χ3v) is 10.4. The van der Waals surface area contributed by atoms with Gasteiger partial charge in [0.25, 0.3) is 5.03 Å². The number of thioether (sulfide) groups is 1. The van der Waals surface area contributed by atoms with Gasteiger partial charge in [0.15, 0.2) is 12.5 Å². The highest BCUT2D eigenvalue weighted by atomic mass is 32.2. The number of carbonyl (C=O) groups is 2. The van der Waals surface area contributed by atoms with E-state index < -0.39 is 24.3 Å². The summed E-state index contributed by atoms with van der Waals surface area (Å²) in [5.74, 6) is -0.00428. The Balaban J connectivity index is 1.16. The third-order valence-electron chi connectivity index (χ3n) is 9.25. The van der Waals surface area contributed by atoms with E-state index in [2.05, 4.69) is 17.6 Å². The molecule has 0 radical (unpaired) electrons. The lowest BCUT2D eigenvalue weighted by Gasteiger charge is -2.41. The Bertz CT molecular complexity index is 1980. The van der Waals surface area contributed by atoms with Crippen molar-refractivity contribution < 1.29 is 33.6 Å². The number of methoxy groups -OCH3 is 1. The number of nitrogens with zero attached hydrogens (tertiary/aromatic N) is 1. The zero-order chi connectivity index (χ0) is 37.2. The van der Waals surface area contributed by atoms with Crippen molar-refractivity contribution in [3.8, 4) is 11.1 Å². The van der Waals surface area contributed by atoms with Crippen molar-refractivity contribution in [2.75, 3.05) is 12.9 Å². The Kier molecular flexibility index (Phi) is 12.8. The first-order chi connectivity index (χ1) is 25.8. The summed E-state index contributed by atoms with van der Waals surface area (Å²) >= 11 is 1.45. The Morgan fingerprint density at radius 2 is 1.57 bits per heavy atom. The first-order valence-corrected chi connectivity index (χ1v) is 18.5. The number of aliphatic hydroxyl groups excluding tert-OH is 1. The molecule has 1 aliphatic heterocycles. The number of rotatable bonds is 13. The van der Waals surface area contributed by atoms with Crippen LogP contribution in [0.3, 0.4) is 0 Å². The minimum atomic E-state index is -0.831. The number of benzene rings is 4. The molecule has 5 unspecified atom stereocenters. The maximum absolute atomic E-state index is 12.9. The second kappa shape index (κ2) is 18.0. The van der Waals surface area contributed by atoms with Crippen LogP contribution in [0.15, 0.2) is 133 Å². The number of aliphatic hydroxyl groups is 1. The number of ether oxygens (including phenoxy) is 3. The predicted molar refractivity (Wildman–Crippen MR) is 202 cm³/mol. The van der Waals surface area contributed by atoms with Gasteiger partial charge in [-0.2, -0.15) is 4.73 Å². The van der Waals surface area contributed by atoms with Gasteiger partial charge in [0.1, 0.15) is 6.04 Å². The Hall–Kier alpha value is -5.20. The molecule has 53 heavy (non-hydrogen) atoms. The maximum Gasteiger partial charge on any atom is 0.328 e. The molecule has 3 N–H and O–H groups in total. The van der Waals surface area contributed by atoms with Crippen molar-refractivity contribution in [2.45, 2.75) is 56.1 Å². The molecule has 274 valence electrons. The van der Waals surface area contributed by atoms with E-state index >= 15 is 0 Å². The van der Waals surface area contributed by atoms with Gasteiger partial charge in [-0.05, 0) is 51.6 Å². The average molecular weight is 734 g/mol. The standard InChI is InChI=1S/C42H43N3O7S/c1-28-37(27-53-38-16-6-7-21-45(38)49)51-41(52-39(28)32-19-17-30(26-46)18-20-32)35-15-9-14-34(24-35)33-13-8-12-31(22-33)25-43-42(48)44-36(40(47)50-2)23-29-10-4-3-5-11-29/h3-22,24,28,36-37,39,41,46H,23,25-27H2,1-2H3,(H2,43,44,48). The first-order valence-electron chi connectivity index (χ1n) is 17.5. The van der Waals surface area contributed by atoms with Crippen LogP contribution in [-0.4, -0.2) is 42.1 Å². The summed E-state index contributed by atoms with van der Waals surface area (Å²) < 4.78 is 19.1. The summed E-state index contributed by atoms with van der Waals surface area (Å²) in [6, 6.07) is 37.1. The molecule has 0 spiro atoms. The number of amides is 2. The number of hydrogen-bond acceptors (Lipinski definition) is 8. The minimum Gasteiger partial charge on any atom is -0.618 e. The van der Waals surface area contributed by atoms with E-state index in [-0.39, 0.29) is 31.3 Å². The number of nitrogens with one attached hydrogen (secondary N) is 2. The molecule has 1 aliphatic rings. The molecular weight excluding hydrogens is 691 g/mol. The Labute approximate surface area is 313 Å². The fourth-order valence-electron chi connectivity index (χ4n) is 6.30. The normalized spacial score (nSPS) is 18.8. The van der Waals surface area contributed by atoms with Crippen molar-refractivity contribution in [3.63, 3.8) is 0 Å². The number of urea groups is 1. The van der Waals surface area contributed by atoms with Crippen LogP contribution >= 0.6 is 11.8 Å². The molecule has 4 aromatic carbocycles. The lowest BCUT2D eigenvalue weighted by Crippen LogP contribution is -2.47. The van der Waals surface area contributed by atoms with Crippen LogP contribution < -0.4 is 15.4 Å². The van der Waals surface area contributed by atoms with Crippen LogP contribution in [0.4, 0.5) is 4.79 Å².